The molecule has 0 aromatic carbocycles. The molecule has 1 heterocycles. The van der Waals surface area contributed by atoms with Crippen molar-refractivity contribution in [2.75, 3.05) is 13.1 Å². The zero-order valence-electron chi connectivity index (χ0n) is 10.5. The monoisotopic (exact) mass is 227 g/mol. The van der Waals surface area contributed by atoms with Gasteiger partial charge in [0.2, 0.25) is 5.91 Å². The van der Waals surface area contributed by atoms with Crippen LogP contribution < -0.4 is 11.1 Å². The van der Waals surface area contributed by atoms with E-state index in [9.17, 15) is 9.59 Å². The van der Waals surface area contributed by atoms with Crippen molar-refractivity contribution in [3.05, 3.63) is 0 Å². The van der Waals surface area contributed by atoms with E-state index in [2.05, 4.69) is 5.32 Å². The molecule has 1 saturated heterocycles. The Kier molecular flexibility index (Phi) is 3.17. The molecular weight excluding hydrogens is 206 g/mol. The van der Waals surface area contributed by atoms with Gasteiger partial charge in [0.1, 0.15) is 0 Å². The van der Waals surface area contributed by atoms with E-state index < -0.39 is 5.41 Å². The molecule has 0 bridgehead atoms. The third-order valence-electron chi connectivity index (χ3n) is 2.84. The normalized spacial score (nSPS) is 25.6. The lowest BCUT2D eigenvalue weighted by Crippen LogP contribution is -2.48. The molecule has 1 unspecified atom stereocenters. The molecule has 0 saturated carbocycles. The maximum atomic E-state index is 11.8. The van der Waals surface area contributed by atoms with Gasteiger partial charge in [0.25, 0.3) is 0 Å². The van der Waals surface area contributed by atoms with Crippen LogP contribution in [0.1, 0.15) is 34.1 Å². The van der Waals surface area contributed by atoms with Gasteiger partial charge in [-0.25, -0.2) is 4.79 Å². The summed E-state index contributed by atoms with van der Waals surface area (Å²) in [5.74, 6) is -0.335. The van der Waals surface area contributed by atoms with Crippen molar-refractivity contribution in [3.63, 3.8) is 0 Å². The summed E-state index contributed by atoms with van der Waals surface area (Å²) in [6.07, 6.45) is 0.639. The van der Waals surface area contributed by atoms with Gasteiger partial charge in [-0.2, -0.15) is 0 Å². The first-order valence-corrected chi connectivity index (χ1v) is 5.51. The summed E-state index contributed by atoms with van der Waals surface area (Å²) >= 11 is 0. The Hall–Kier alpha value is -1.26. The van der Waals surface area contributed by atoms with Gasteiger partial charge in [0.15, 0.2) is 0 Å². The minimum Gasteiger partial charge on any atom is -0.369 e. The van der Waals surface area contributed by atoms with Gasteiger partial charge >= 0.3 is 6.03 Å². The fourth-order valence-corrected chi connectivity index (χ4v) is 1.74. The van der Waals surface area contributed by atoms with E-state index in [1.165, 1.54) is 0 Å². The predicted molar refractivity (Wildman–Crippen MR) is 61.8 cm³/mol. The van der Waals surface area contributed by atoms with Crippen LogP contribution in [0.2, 0.25) is 0 Å². The molecule has 5 nitrogen and oxygen atoms in total. The molecule has 92 valence electrons. The van der Waals surface area contributed by atoms with Crippen LogP contribution in [-0.4, -0.2) is 35.5 Å². The Morgan fingerprint density at radius 2 is 1.94 bits per heavy atom. The van der Waals surface area contributed by atoms with Crippen molar-refractivity contribution in [2.24, 2.45) is 11.1 Å². The summed E-state index contributed by atoms with van der Waals surface area (Å²) in [5.41, 5.74) is 4.49. The summed E-state index contributed by atoms with van der Waals surface area (Å²) in [6, 6.07) is -0.127. The topological polar surface area (TPSA) is 75.4 Å². The summed E-state index contributed by atoms with van der Waals surface area (Å²) < 4.78 is 0. The van der Waals surface area contributed by atoms with Crippen LogP contribution >= 0.6 is 0 Å². The van der Waals surface area contributed by atoms with Crippen molar-refractivity contribution in [1.29, 1.82) is 0 Å². The van der Waals surface area contributed by atoms with Crippen molar-refractivity contribution in [1.82, 2.24) is 10.2 Å². The number of rotatable bonds is 1. The standard InChI is InChI=1S/C11H21N3O2/c1-10(2,3)13-9(16)14-6-5-11(4,7-14)8(12)15/h5-7H2,1-4H3,(H2,12,15)(H,13,16). The highest BCUT2D eigenvalue weighted by Crippen LogP contribution is 2.29. The quantitative estimate of drug-likeness (QED) is 0.691. The van der Waals surface area contributed by atoms with Crippen LogP contribution in [0.15, 0.2) is 0 Å². The minimum absolute atomic E-state index is 0.127. The molecular formula is C11H21N3O2. The van der Waals surface area contributed by atoms with E-state index in [1.807, 2.05) is 20.8 Å². The fraction of sp³-hybridized carbons (Fsp3) is 0.818. The van der Waals surface area contributed by atoms with Crippen LogP contribution in [0.4, 0.5) is 4.79 Å². The molecule has 0 spiro atoms. The average molecular weight is 227 g/mol. The molecule has 3 N–H and O–H groups in total. The van der Waals surface area contributed by atoms with E-state index in [0.29, 0.717) is 19.5 Å². The molecule has 1 atom stereocenters. The molecule has 0 aromatic rings. The van der Waals surface area contributed by atoms with E-state index in [-0.39, 0.29) is 17.5 Å². The lowest BCUT2D eigenvalue weighted by Gasteiger charge is -2.26. The van der Waals surface area contributed by atoms with Crippen LogP contribution in [0.25, 0.3) is 0 Å². The number of amides is 3. The second kappa shape index (κ2) is 3.96. The zero-order valence-corrected chi connectivity index (χ0v) is 10.5. The van der Waals surface area contributed by atoms with Gasteiger partial charge in [0, 0.05) is 18.6 Å². The number of carbonyl (C=O) groups is 2. The molecule has 3 amide bonds. The number of primary amides is 1. The number of nitrogens with zero attached hydrogens (tertiary/aromatic N) is 1. The predicted octanol–water partition coefficient (Wildman–Crippen LogP) is 0.692. The van der Waals surface area contributed by atoms with Gasteiger partial charge < -0.3 is 16.0 Å². The molecule has 5 heteroatoms. The van der Waals surface area contributed by atoms with Crippen LogP contribution in [-0.2, 0) is 4.79 Å². The van der Waals surface area contributed by atoms with Gasteiger partial charge in [-0.05, 0) is 34.1 Å². The van der Waals surface area contributed by atoms with Crippen LogP contribution in [0, 0.1) is 5.41 Å². The lowest BCUT2D eigenvalue weighted by atomic mass is 9.89. The Bertz CT molecular complexity index is 309. The highest BCUT2D eigenvalue weighted by Gasteiger charge is 2.41. The Morgan fingerprint density at radius 1 is 1.38 bits per heavy atom. The van der Waals surface area contributed by atoms with Crippen LogP contribution in [0.5, 0.6) is 0 Å². The molecule has 1 rings (SSSR count). The Balaban J connectivity index is 2.60. The SMILES string of the molecule is CC(C)(C)NC(=O)N1CCC(C)(C(N)=O)C1. The van der Waals surface area contributed by atoms with E-state index in [1.54, 1.807) is 11.8 Å². The first-order valence-electron chi connectivity index (χ1n) is 5.51. The Labute approximate surface area is 96.4 Å². The first kappa shape index (κ1) is 12.8. The summed E-state index contributed by atoms with van der Waals surface area (Å²) in [4.78, 5) is 24.7. The van der Waals surface area contributed by atoms with Gasteiger partial charge in [-0.3, -0.25) is 4.79 Å². The number of nitrogens with one attached hydrogen (secondary N) is 1. The number of carbonyl (C=O) groups excluding carboxylic acids is 2. The number of nitrogens with two attached hydrogens (primary N) is 1. The largest absolute Gasteiger partial charge is 0.369 e. The molecule has 1 fully saturated rings. The molecule has 0 aliphatic carbocycles. The smallest absolute Gasteiger partial charge is 0.317 e. The highest BCUT2D eigenvalue weighted by molar-refractivity contribution is 5.83. The van der Waals surface area contributed by atoms with Crippen molar-refractivity contribution < 1.29 is 9.59 Å². The van der Waals surface area contributed by atoms with Gasteiger partial charge in [-0.15, -0.1) is 0 Å². The Morgan fingerprint density at radius 3 is 2.31 bits per heavy atom. The number of hydrogen-bond acceptors (Lipinski definition) is 2. The van der Waals surface area contributed by atoms with E-state index >= 15 is 0 Å². The molecule has 0 radical (unpaired) electrons. The van der Waals surface area contributed by atoms with Crippen molar-refractivity contribution in [3.8, 4) is 0 Å². The van der Waals surface area contributed by atoms with Crippen LogP contribution in [0.3, 0.4) is 0 Å². The molecule has 1 aliphatic rings. The zero-order chi connectivity index (χ0) is 12.6. The fourth-order valence-electron chi connectivity index (χ4n) is 1.74. The number of urea groups is 1. The van der Waals surface area contributed by atoms with Gasteiger partial charge in [-0.1, -0.05) is 0 Å². The number of hydrogen-bond donors (Lipinski definition) is 2. The van der Waals surface area contributed by atoms with Crippen molar-refractivity contribution >= 4 is 11.9 Å². The second-order valence-electron chi connectivity index (χ2n) is 5.78. The maximum Gasteiger partial charge on any atom is 0.317 e. The third kappa shape index (κ3) is 2.87. The summed E-state index contributed by atoms with van der Waals surface area (Å²) in [7, 11) is 0. The number of likely N-dealkylation sites (tertiary alicyclic amines) is 1. The lowest BCUT2D eigenvalue weighted by molar-refractivity contribution is -0.126. The molecule has 1 aliphatic heterocycles. The minimum atomic E-state index is -0.574. The van der Waals surface area contributed by atoms with Crippen molar-refractivity contribution in [2.45, 2.75) is 39.7 Å². The second-order valence-corrected chi connectivity index (χ2v) is 5.78. The van der Waals surface area contributed by atoms with E-state index in [0.717, 1.165) is 0 Å². The average Bonchev–Trinajstić information content (AvgIpc) is 2.46. The third-order valence-corrected chi connectivity index (χ3v) is 2.84. The van der Waals surface area contributed by atoms with Gasteiger partial charge in [0.05, 0.1) is 5.41 Å². The molecule has 16 heavy (non-hydrogen) atoms. The highest BCUT2D eigenvalue weighted by atomic mass is 16.2. The summed E-state index contributed by atoms with van der Waals surface area (Å²) in [6.45, 7) is 8.57. The first-order chi connectivity index (χ1) is 7.14. The maximum absolute atomic E-state index is 11.8. The molecule has 0 aromatic heterocycles. The summed E-state index contributed by atoms with van der Waals surface area (Å²) in [5, 5.41) is 2.87. The van der Waals surface area contributed by atoms with E-state index in [4.69, 9.17) is 5.73 Å².